The number of hydrogen-bond donors (Lipinski definition) is 2. The van der Waals surface area contributed by atoms with E-state index in [9.17, 15) is 5.11 Å². The molecule has 0 bridgehead atoms. The molecule has 2 N–H and O–H groups in total. The smallest absolute Gasteiger partial charge is 0.281 e. The number of benzene rings is 2. The summed E-state index contributed by atoms with van der Waals surface area (Å²) in [5, 5.41) is 9.51. The third kappa shape index (κ3) is 2.13. The van der Waals surface area contributed by atoms with Crippen LogP contribution in [0.1, 0.15) is 17.0 Å². The maximum atomic E-state index is 9.51. The second-order valence-electron chi connectivity index (χ2n) is 4.76. The van der Waals surface area contributed by atoms with Gasteiger partial charge in [0.2, 0.25) is 0 Å². The van der Waals surface area contributed by atoms with Crippen molar-refractivity contribution in [1.82, 2.24) is 4.98 Å². The second-order valence-corrected chi connectivity index (χ2v) is 4.76. The standard InChI is InChI=1S/C16H16N2O/c1-12-6-2-3-7-13(12)10-18-15-9-5-4-8-14(15)17-16(18)11-19/h2-9,19H,10-11H2,1H3/p+1. The summed E-state index contributed by atoms with van der Waals surface area (Å²) in [5.74, 6) is 0.837. The first-order valence-electron chi connectivity index (χ1n) is 6.44. The number of para-hydroxylation sites is 2. The highest BCUT2D eigenvalue weighted by molar-refractivity contribution is 5.71. The number of aromatic nitrogens is 2. The fourth-order valence-corrected chi connectivity index (χ4v) is 2.45. The topological polar surface area (TPSA) is 39.9 Å². The van der Waals surface area contributed by atoms with Gasteiger partial charge in [0.15, 0.2) is 11.0 Å². The molecule has 1 aromatic heterocycles. The molecular weight excluding hydrogens is 236 g/mol. The number of aromatic amines is 1. The van der Waals surface area contributed by atoms with Crippen molar-refractivity contribution in [3.63, 3.8) is 0 Å². The van der Waals surface area contributed by atoms with Crippen LogP contribution in [-0.4, -0.2) is 10.1 Å². The van der Waals surface area contributed by atoms with Crippen molar-refractivity contribution < 1.29 is 9.67 Å². The first-order valence-corrected chi connectivity index (χ1v) is 6.44. The van der Waals surface area contributed by atoms with Crippen LogP contribution in [-0.2, 0) is 13.2 Å². The summed E-state index contributed by atoms with van der Waals surface area (Å²) in [4.78, 5) is 3.27. The minimum atomic E-state index is 0.0144. The van der Waals surface area contributed by atoms with Gasteiger partial charge in [-0.1, -0.05) is 36.4 Å². The molecule has 0 atom stereocenters. The molecule has 0 amide bonds. The van der Waals surface area contributed by atoms with Crippen LogP contribution in [0.4, 0.5) is 0 Å². The number of imidazole rings is 1. The van der Waals surface area contributed by atoms with Gasteiger partial charge in [0.25, 0.3) is 5.82 Å². The molecule has 0 aliphatic heterocycles. The van der Waals surface area contributed by atoms with Gasteiger partial charge in [-0.05, 0) is 30.2 Å². The van der Waals surface area contributed by atoms with Crippen LogP contribution in [0.2, 0.25) is 0 Å². The Bertz CT molecular complexity index is 716. The summed E-state index contributed by atoms with van der Waals surface area (Å²) in [6, 6.07) is 16.5. The monoisotopic (exact) mass is 253 g/mol. The minimum Gasteiger partial charge on any atom is -0.384 e. The molecule has 1 heterocycles. The Kier molecular flexibility index (Phi) is 3.05. The molecule has 0 aliphatic rings. The summed E-state index contributed by atoms with van der Waals surface area (Å²) in [5.41, 5.74) is 4.71. The molecule has 3 aromatic rings. The molecule has 0 aliphatic carbocycles. The van der Waals surface area contributed by atoms with Gasteiger partial charge in [0.05, 0.1) is 0 Å². The summed E-state index contributed by atoms with van der Waals surface area (Å²) < 4.78 is 2.14. The van der Waals surface area contributed by atoms with Crippen LogP contribution in [0, 0.1) is 6.92 Å². The van der Waals surface area contributed by atoms with Gasteiger partial charge in [-0.25, -0.2) is 9.55 Å². The second kappa shape index (κ2) is 4.86. The minimum absolute atomic E-state index is 0.0144. The van der Waals surface area contributed by atoms with Gasteiger partial charge in [0.1, 0.15) is 13.2 Å². The molecule has 3 rings (SSSR count). The van der Waals surface area contributed by atoms with Crippen LogP contribution in [0.15, 0.2) is 48.5 Å². The van der Waals surface area contributed by atoms with Crippen LogP contribution < -0.4 is 4.57 Å². The number of aliphatic hydroxyl groups excluding tert-OH is 1. The number of fused-ring (bicyclic) bond motifs is 1. The Morgan fingerprint density at radius 1 is 1.05 bits per heavy atom. The van der Waals surface area contributed by atoms with E-state index < -0.39 is 0 Å². The van der Waals surface area contributed by atoms with Crippen molar-refractivity contribution in [3.05, 3.63) is 65.5 Å². The molecule has 0 unspecified atom stereocenters. The lowest BCUT2D eigenvalue weighted by molar-refractivity contribution is -0.672. The van der Waals surface area contributed by atoms with Gasteiger partial charge >= 0.3 is 0 Å². The highest BCUT2D eigenvalue weighted by atomic mass is 16.3. The van der Waals surface area contributed by atoms with E-state index >= 15 is 0 Å². The first kappa shape index (κ1) is 11.9. The maximum Gasteiger partial charge on any atom is 0.281 e. The van der Waals surface area contributed by atoms with E-state index in [4.69, 9.17) is 0 Å². The van der Waals surface area contributed by atoms with E-state index in [1.807, 2.05) is 24.3 Å². The predicted octanol–water partition coefficient (Wildman–Crippen LogP) is 2.30. The molecule has 0 saturated carbocycles. The quantitative estimate of drug-likeness (QED) is 0.691. The molecule has 0 saturated heterocycles. The lowest BCUT2D eigenvalue weighted by Gasteiger charge is -2.04. The highest BCUT2D eigenvalue weighted by Gasteiger charge is 2.17. The number of nitrogens with one attached hydrogen (secondary N) is 1. The van der Waals surface area contributed by atoms with Gasteiger partial charge < -0.3 is 5.11 Å². The van der Waals surface area contributed by atoms with Crippen LogP contribution in [0.3, 0.4) is 0 Å². The molecular formula is C16H17N2O+. The van der Waals surface area contributed by atoms with E-state index in [-0.39, 0.29) is 6.61 Å². The van der Waals surface area contributed by atoms with Crippen LogP contribution >= 0.6 is 0 Å². The fourth-order valence-electron chi connectivity index (χ4n) is 2.45. The number of H-pyrrole nitrogens is 1. The Hall–Kier alpha value is -2.13. The van der Waals surface area contributed by atoms with E-state index in [1.54, 1.807) is 0 Å². The molecule has 0 spiro atoms. The van der Waals surface area contributed by atoms with Crippen LogP contribution in [0.5, 0.6) is 0 Å². The molecule has 19 heavy (non-hydrogen) atoms. The number of nitrogens with zero attached hydrogens (tertiary/aromatic N) is 1. The average Bonchev–Trinajstić information content (AvgIpc) is 2.79. The SMILES string of the molecule is Cc1ccccc1C[n+]1c(CO)[nH]c2ccccc21. The zero-order valence-corrected chi connectivity index (χ0v) is 10.9. The summed E-state index contributed by atoms with van der Waals surface area (Å²) >= 11 is 0. The van der Waals surface area contributed by atoms with Crippen LogP contribution in [0.25, 0.3) is 11.0 Å². The van der Waals surface area contributed by atoms with Crippen molar-refractivity contribution in [2.24, 2.45) is 0 Å². The molecule has 0 fully saturated rings. The fraction of sp³-hybridized carbons (Fsp3) is 0.188. The first-order chi connectivity index (χ1) is 9.29. The van der Waals surface area contributed by atoms with Gasteiger partial charge in [-0.2, -0.15) is 0 Å². The van der Waals surface area contributed by atoms with Gasteiger partial charge in [0, 0.05) is 0 Å². The average molecular weight is 253 g/mol. The number of hydrogen-bond acceptors (Lipinski definition) is 1. The molecule has 3 nitrogen and oxygen atoms in total. The maximum absolute atomic E-state index is 9.51. The summed E-state index contributed by atoms with van der Waals surface area (Å²) in [7, 11) is 0. The van der Waals surface area contributed by atoms with Crippen molar-refractivity contribution in [2.75, 3.05) is 0 Å². The zero-order chi connectivity index (χ0) is 13.2. The molecule has 0 radical (unpaired) electrons. The number of aliphatic hydroxyl groups is 1. The predicted molar refractivity (Wildman–Crippen MR) is 74.7 cm³/mol. The molecule has 3 heteroatoms. The van der Waals surface area contributed by atoms with Crippen molar-refractivity contribution in [3.8, 4) is 0 Å². The third-order valence-corrected chi connectivity index (χ3v) is 3.54. The van der Waals surface area contributed by atoms with Gasteiger partial charge in [-0.3, -0.25) is 0 Å². The summed E-state index contributed by atoms with van der Waals surface area (Å²) in [6.07, 6.45) is 0. The summed E-state index contributed by atoms with van der Waals surface area (Å²) in [6.45, 7) is 2.90. The lowest BCUT2D eigenvalue weighted by Crippen LogP contribution is -2.38. The van der Waals surface area contributed by atoms with Crippen molar-refractivity contribution in [1.29, 1.82) is 0 Å². The highest BCUT2D eigenvalue weighted by Crippen LogP contribution is 2.12. The van der Waals surface area contributed by atoms with E-state index in [0.717, 1.165) is 23.4 Å². The number of aryl methyl sites for hydroxylation is 1. The Labute approximate surface area is 112 Å². The van der Waals surface area contributed by atoms with E-state index in [1.165, 1.54) is 11.1 Å². The lowest BCUT2D eigenvalue weighted by atomic mass is 10.1. The van der Waals surface area contributed by atoms with Crippen molar-refractivity contribution in [2.45, 2.75) is 20.1 Å². The zero-order valence-electron chi connectivity index (χ0n) is 10.9. The third-order valence-electron chi connectivity index (χ3n) is 3.54. The van der Waals surface area contributed by atoms with Crippen molar-refractivity contribution >= 4 is 11.0 Å². The largest absolute Gasteiger partial charge is 0.384 e. The Balaban J connectivity index is 2.12. The van der Waals surface area contributed by atoms with E-state index in [2.05, 4.69) is 40.7 Å². The Morgan fingerprint density at radius 2 is 1.79 bits per heavy atom. The molecule has 96 valence electrons. The number of rotatable bonds is 3. The normalized spacial score (nSPS) is 11.1. The molecule has 2 aromatic carbocycles. The van der Waals surface area contributed by atoms with Gasteiger partial charge in [-0.15, -0.1) is 0 Å². The Morgan fingerprint density at radius 3 is 2.58 bits per heavy atom. The van der Waals surface area contributed by atoms with E-state index in [0.29, 0.717) is 0 Å².